The van der Waals surface area contributed by atoms with Gasteiger partial charge in [-0.25, -0.2) is 18.5 Å². The van der Waals surface area contributed by atoms with Crippen molar-refractivity contribution in [2.75, 3.05) is 26.2 Å². The fraction of sp³-hybridized carbons (Fsp3) is 0.425. The molecule has 4 aromatic rings. The quantitative estimate of drug-likeness (QED) is 0.0899. The van der Waals surface area contributed by atoms with Crippen molar-refractivity contribution in [1.82, 2.24) is 10.2 Å². The normalized spacial score (nSPS) is 20.2. The Labute approximate surface area is 331 Å². The largest absolute Gasteiger partial charge is 0.489 e. The minimum absolute atomic E-state index is 0.0676. The van der Waals surface area contributed by atoms with Crippen LogP contribution in [-0.2, 0) is 34.3 Å². The van der Waals surface area contributed by atoms with Gasteiger partial charge in [0.15, 0.2) is 23.9 Å². The number of halogens is 5. The fourth-order valence-electron chi connectivity index (χ4n) is 7.05. The number of piperidine rings is 3. The van der Waals surface area contributed by atoms with Crippen LogP contribution in [-0.4, -0.2) is 55.8 Å². The number of esters is 2. The Morgan fingerprint density at radius 1 is 0.982 bits per heavy atom. The average molecular weight is 820 g/mol. The molecule has 1 aliphatic carbocycles. The number of hydrogen-bond acceptors (Lipinski definition) is 9. The highest BCUT2D eigenvalue weighted by Gasteiger charge is 2.38. The van der Waals surface area contributed by atoms with Crippen LogP contribution in [0.25, 0.3) is 0 Å². The van der Waals surface area contributed by atoms with Crippen LogP contribution in [0, 0.1) is 17.7 Å². The molecule has 4 aliphatic rings. The first kappa shape index (κ1) is 39.4. The van der Waals surface area contributed by atoms with Crippen LogP contribution < -0.4 is 19.4 Å². The average Bonchev–Trinajstić information content (AvgIpc) is 3.86. The number of nitrogens with zero attached hydrogens (tertiary/aromatic N) is 2. The summed E-state index contributed by atoms with van der Waals surface area (Å²) in [6.07, 6.45) is 6.16. The molecule has 5 heterocycles. The van der Waals surface area contributed by atoms with Crippen molar-refractivity contribution in [1.29, 1.82) is 0 Å². The van der Waals surface area contributed by atoms with Gasteiger partial charge in [0.1, 0.15) is 46.0 Å². The molecule has 1 unspecified atom stereocenters. The Morgan fingerprint density at radius 2 is 1.75 bits per heavy atom. The second-order valence-electron chi connectivity index (χ2n) is 14.3. The zero-order valence-corrected chi connectivity index (χ0v) is 32.4. The fourth-order valence-corrected chi connectivity index (χ4v) is 8.61. The predicted octanol–water partition coefficient (Wildman–Crippen LogP) is 8.02. The summed E-state index contributed by atoms with van der Waals surface area (Å²) >= 11 is 14.4. The number of fused-ring (bicyclic) bond motifs is 3. The predicted molar refractivity (Wildman–Crippen MR) is 200 cm³/mol. The number of aryl methyl sites for hydroxylation is 1. The molecular formula is C40H41Cl2F3N3O6S+. The van der Waals surface area contributed by atoms with E-state index in [0.29, 0.717) is 56.6 Å². The van der Waals surface area contributed by atoms with Gasteiger partial charge >= 0.3 is 18.6 Å². The minimum Gasteiger partial charge on any atom is -0.489 e. The third kappa shape index (κ3) is 10.1. The Morgan fingerprint density at radius 3 is 2.42 bits per heavy atom. The lowest BCUT2D eigenvalue weighted by Gasteiger charge is -2.44. The van der Waals surface area contributed by atoms with Gasteiger partial charge in [0.25, 0.3) is 0 Å². The molecule has 9 nitrogen and oxygen atoms in total. The lowest BCUT2D eigenvalue weighted by molar-refractivity contribution is -0.671. The number of carbonyl (C=O) groups excluding carboxylic acids is 2. The molecule has 0 spiro atoms. The van der Waals surface area contributed by atoms with Crippen LogP contribution >= 0.6 is 34.5 Å². The van der Waals surface area contributed by atoms with Crippen molar-refractivity contribution in [2.24, 2.45) is 18.9 Å². The molecule has 8 rings (SSSR count). The summed E-state index contributed by atoms with van der Waals surface area (Å²) in [5, 5.41) is 3.92. The van der Waals surface area contributed by atoms with Crippen LogP contribution in [0.5, 0.6) is 11.5 Å². The Balaban J connectivity index is 1.09. The van der Waals surface area contributed by atoms with E-state index in [0.717, 1.165) is 38.8 Å². The number of nitrogens with one attached hydrogen (secondary N) is 1. The number of aromatic nitrogens is 1. The maximum atomic E-state index is 14.3. The SMILES string of the molecule is C[n+]1cc(Cl)c(C[C@H](OC(=O)c2ccc(CNC(C(=O)O[C@H]3CN4CCC3CC4)c3cccc(F)c3)s2)c2ccc(OC(F)F)c(OCC3CC3)c2)c(Cl)c1. The van der Waals surface area contributed by atoms with E-state index in [2.05, 4.69) is 10.2 Å². The molecule has 2 aromatic carbocycles. The van der Waals surface area contributed by atoms with Crippen molar-refractivity contribution >= 4 is 46.5 Å². The summed E-state index contributed by atoms with van der Waals surface area (Å²) in [7, 11) is 1.77. The van der Waals surface area contributed by atoms with Gasteiger partial charge in [0.2, 0.25) is 0 Å². The molecule has 55 heavy (non-hydrogen) atoms. The van der Waals surface area contributed by atoms with Gasteiger partial charge in [-0.2, -0.15) is 8.78 Å². The zero-order chi connectivity index (χ0) is 38.6. The Kier molecular flexibility index (Phi) is 12.5. The monoisotopic (exact) mass is 818 g/mol. The van der Waals surface area contributed by atoms with Gasteiger partial charge in [0, 0.05) is 30.0 Å². The number of ether oxygens (including phenoxy) is 4. The number of rotatable bonds is 16. The second-order valence-corrected chi connectivity index (χ2v) is 16.3. The first-order valence-electron chi connectivity index (χ1n) is 18.2. The lowest BCUT2D eigenvalue weighted by Crippen LogP contribution is -2.52. The Bertz CT molecular complexity index is 1980. The van der Waals surface area contributed by atoms with E-state index in [1.54, 1.807) is 48.3 Å². The van der Waals surface area contributed by atoms with Gasteiger partial charge in [-0.1, -0.05) is 41.4 Å². The number of benzene rings is 2. The third-order valence-corrected chi connectivity index (χ3v) is 11.9. The van der Waals surface area contributed by atoms with E-state index in [1.165, 1.54) is 41.7 Å². The van der Waals surface area contributed by atoms with Crippen molar-refractivity contribution in [3.8, 4) is 11.5 Å². The van der Waals surface area contributed by atoms with Crippen LogP contribution in [0.15, 0.2) is 67.0 Å². The van der Waals surface area contributed by atoms with E-state index < -0.39 is 36.5 Å². The van der Waals surface area contributed by atoms with Gasteiger partial charge in [-0.05, 0) is 98.1 Å². The molecule has 0 amide bonds. The molecule has 1 saturated carbocycles. The summed E-state index contributed by atoms with van der Waals surface area (Å²) < 4.78 is 65.4. The zero-order valence-electron chi connectivity index (χ0n) is 30.0. The molecule has 292 valence electrons. The summed E-state index contributed by atoms with van der Waals surface area (Å²) in [6, 6.07) is 12.7. The van der Waals surface area contributed by atoms with E-state index in [1.807, 2.05) is 0 Å². The number of hydrogen-bond donors (Lipinski definition) is 1. The third-order valence-electron chi connectivity index (χ3n) is 10.2. The molecule has 2 bridgehead atoms. The van der Waals surface area contributed by atoms with Crippen molar-refractivity contribution in [3.05, 3.63) is 109 Å². The number of pyridine rings is 1. The second kappa shape index (κ2) is 17.5. The highest BCUT2D eigenvalue weighted by Crippen LogP contribution is 2.38. The maximum absolute atomic E-state index is 14.3. The summed E-state index contributed by atoms with van der Waals surface area (Å²) in [4.78, 5) is 30.7. The summed E-state index contributed by atoms with van der Waals surface area (Å²) in [5.74, 6) is -0.993. The first-order valence-corrected chi connectivity index (χ1v) is 19.8. The van der Waals surface area contributed by atoms with Crippen LogP contribution in [0.2, 0.25) is 10.0 Å². The van der Waals surface area contributed by atoms with Crippen molar-refractivity contribution in [2.45, 2.75) is 63.5 Å². The summed E-state index contributed by atoms with van der Waals surface area (Å²) in [6.45, 7) is 0.139. The molecule has 0 radical (unpaired) electrons. The standard InChI is InChI=1S/C40H41Cl2F3N3O6S/c1-47-19-30(41)29(31(42)20-47)17-33(25-7-9-32(54-40(44)45)34(16-25)51-22-23-5-6-23)52-38(49)36-10-8-28(55-36)18-46-37(26-3-2-4-27(43)15-26)39(50)53-35-21-48-13-11-24(35)12-14-48/h2-4,7-10,15-16,19-20,23-24,33,35,37,40,46H,5-6,11-14,17-18,21-22H2,1H3/q+1/t33-,35-,37?/m0/s1. The van der Waals surface area contributed by atoms with E-state index in [9.17, 15) is 22.8 Å². The molecule has 3 aliphatic heterocycles. The molecule has 15 heteroatoms. The summed E-state index contributed by atoms with van der Waals surface area (Å²) in [5.41, 5.74) is 1.42. The molecule has 1 N–H and O–H groups in total. The smallest absolute Gasteiger partial charge is 0.387 e. The van der Waals surface area contributed by atoms with Gasteiger partial charge in [-0.3, -0.25) is 10.2 Å². The molecular weight excluding hydrogens is 778 g/mol. The maximum Gasteiger partial charge on any atom is 0.387 e. The van der Waals surface area contributed by atoms with Gasteiger partial charge in [0.05, 0.1) is 6.61 Å². The van der Waals surface area contributed by atoms with E-state index in [4.69, 9.17) is 42.1 Å². The number of alkyl halides is 2. The molecule has 3 saturated heterocycles. The molecule has 3 atom stereocenters. The van der Waals surface area contributed by atoms with Crippen molar-refractivity contribution in [3.63, 3.8) is 0 Å². The van der Waals surface area contributed by atoms with Gasteiger partial charge in [-0.15, -0.1) is 11.3 Å². The number of carbonyl (C=O) groups is 2. The van der Waals surface area contributed by atoms with Crippen LogP contribution in [0.3, 0.4) is 0 Å². The lowest BCUT2D eigenvalue weighted by atomic mass is 9.86. The van der Waals surface area contributed by atoms with Crippen molar-refractivity contribution < 1.29 is 46.3 Å². The Hall–Kier alpha value is -3.88. The van der Waals surface area contributed by atoms with Crippen LogP contribution in [0.4, 0.5) is 13.2 Å². The molecule has 2 aromatic heterocycles. The van der Waals surface area contributed by atoms with Crippen LogP contribution in [0.1, 0.15) is 69.1 Å². The molecule has 4 fully saturated rings. The van der Waals surface area contributed by atoms with Gasteiger partial charge < -0.3 is 18.9 Å². The number of thiophene rings is 1. The minimum atomic E-state index is -3.06. The highest BCUT2D eigenvalue weighted by molar-refractivity contribution is 7.13. The van der Waals surface area contributed by atoms with E-state index >= 15 is 0 Å². The van der Waals surface area contributed by atoms with E-state index in [-0.39, 0.29) is 35.4 Å². The first-order chi connectivity index (χ1) is 26.5. The highest BCUT2D eigenvalue weighted by atomic mass is 35.5. The topological polar surface area (TPSA) is 90.2 Å².